The molecule has 0 bridgehead atoms. The number of hydrogen-bond donors (Lipinski definition) is 2. The van der Waals surface area contributed by atoms with Crippen molar-refractivity contribution < 1.29 is 9.84 Å². The van der Waals surface area contributed by atoms with Crippen molar-refractivity contribution in [3.63, 3.8) is 0 Å². The van der Waals surface area contributed by atoms with Crippen LogP contribution in [-0.4, -0.2) is 22.2 Å². The first-order valence-electron chi connectivity index (χ1n) is 6.82. The first-order valence-corrected chi connectivity index (χ1v) is 7.20. The molecule has 0 spiro atoms. The number of nitrogens with one attached hydrogen (secondary N) is 1. The zero-order valence-corrected chi connectivity index (χ0v) is 13.0. The molecule has 0 aliphatic rings. The summed E-state index contributed by atoms with van der Waals surface area (Å²) < 4.78 is 4.99. The van der Waals surface area contributed by atoms with Crippen LogP contribution >= 0.6 is 11.6 Å². The Labute approximate surface area is 136 Å². The normalized spacial score (nSPS) is 11.7. The Bertz CT molecular complexity index is 963. The number of ether oxygens (including phenoxy) is 1. The zero-order valence-electron chi connectivity index (χ0n) is 12.2. The van der Waals surface area contributed by atoms with Gasteiger partial charge in [0.15, 0.2) is 17.3 Å². The van der Waals surface area contributed by atoms with Crippen LogP contribution in [0.25, 0.3) is 22.0 Å². The molecule has 0 fully saturated rings. The Kier molecular flexibility index (Phi) is 4.04. The van der Waals surface area contributed by atoms with Gasteiger partial charge in [0, 0.05) is 0 Å². The average Bonchev–Trinajstić information content (AvgIpc) is 2.55. The molecule has 2 aromatic carbocycles. The molecule has 3 aromatic rings. The second-order valence-corrected chi connectivity index (χ2v) is 5.26. The maximum absolute atomic E-state index is 12.1. The van der Waals surface area contributed by atoms with Gasteiger partial charge in [0.25, 0.3) is 5.56 Å². The van der Waals surface area contributed by atoms with Crippen molar-refractivity contribution in [2.24, 2.45) is 0 Å². The maximum Gasteiger partial charge on any atom is 0.259 e. The van der Waals surface area contributed by atoms with Crippen LogP contribution in [0.2, 0.25) is 0 Å². The largest absolute Gasteiger partial charge is 0.504 e. The summed E-state index contributed by atoms with van der Waals surface area (Å²) in [5.74, 6) is 0.645. The number of phenolic OH excluding ortho intramolecular Hbond substituents is 1. The van der Waals surface area contributed by atoms with Crippen molar-refractivity contribution in [2.45, 2.75) is 0 Å². The molecule has 2 N–H and O–H groups in total. The van der Waals surface area contributed by atoms with Gasteiger partial charge in [-0.1, -0.05) is 29.8 Å². The smallest absolute Gasteiger partial charge is 0.259 e. The Morgan fingerprint density at radius 3 is 2.83 bits per heavy atom. The fourth-order valence-corrected chi connectivity index (χ4v) is 2.43. The molecular formula is C17H13ClN2O3. The second-order valence-electron chi connectivity index (χ2n) is 4.86. The molecule has 0 saturated carbocycles. The number of aromatic amines is 1. The number of methoxy groups -OCH3 is 1. The number of rotatable bonds is 3. The number of aromatic nitrogens is 2. The standard InChI is InChI=1S/C17H13ClN2O3/c1-23-15-7-6-10(9-14(15)21)8-12(18)16-19-13-5-3-2-4-11(13)17(22)20-16/h2-9,21H,1H3,(H,19,20,22)/b12-8-. The van der Waals surface area contributed by atoms with Crippen molar-refractivity contribution in [2.75, 3.05) is 7.11 Å². The molecule has 0 amide bonds. The molecule has 3 rings (SSSR count). The van der Waals surface area contributed by atoms with Gasteiger partial charge in [0.1, 0.15) is 0 Å². The molecule has 23 heavy (non-hydrogen) atoms. The number of nitrogens with zero attached hydrogens (tertiary/aromatic N) is 1. The summed E-state index contributed by atoms with van der Waals surface area (Å²) in [4.78, 5) is 19.1. The summed E-state index contributed by atoms with van der Waals surface area (Å²) in [7, 11) is 1.47. The quantitative estimate of drug-likeness (QED) is 0.773. The molecule has 1 aromatic heterocycles. The summed E-state index contributed by atoms with van der Waals surface area (Å²) in [6, 6.07) is 11.9. The fourth-order valence-electron chi connectivity index (χ4n) is 2.21. The molecule has 6 heteroatoms. The highest BCUT2D eigenvalue weighted by Crippen LogP contribution is 2.28. The Hall–Kier alpha value is -2.79. The lowest BCUT2D eigenvalue weighted by Gasteiger charge is -2.05. The zero-order chi connectivity index (χ0) is 16.4. The van der Waals surface area contributed by atoms with Crippen molar-refractivity contribution in [1.82, 2.24) is 9.97 Å². The predicted octanol–water partition coefficient (Wildman–Crippen LogP) is 3.37. The van der Waals surface area contributed by atoms with Crippen molar-refractivity contribution in [3.05, 3.63) is 64.2 Å². The topological polar surface area (TPSA) is 75.2 Å². The molecule has 0 saturated heterocycles. The number of fused-ring (bicyclic) bond motifs is 1. The number of aromatic hydroxyl groups is 1. The van der Waals surface area contributed by atoms with E-state index >= 15 is 0 Å². The molecule has 0 aliphatic heterocycles. The third-order valence-electron chi connectivity index (χ3n) is 3.34. The molecular weight excluding hydrogens is 316 g/mol. The van der Waals surface area contributed by atoms with Crippen LogP contribution in [0.3, 0.4) is 0 Å². The molecule has 0 atom stereocenters. The number of para-hydroxylation sites is 1. The lowest BCUT2D eigenvalue weighted by molar-refractivity contribution is 0.373. The van der Waals surface area contributed by atoms with Crippen LogP contribution in [0.15, 0.2) is 47.3 Å². The van der Waals surface area contributed by atoms with E-state index in [-0.39, 0.29) is 22.2 Å². The van der Waals surface area contributed by atoms with E-state index in [1.807, 2.05) is 0 Å². The van der Waals surface area contributed by atoms with Crippen LogP contribution in [0, 0.1) is 0 Å². The van der Waals surface area contributed by atoms with E-state index in [1.54, 1.807) is 42.5 Å². The number of phenols is 1. The minimum absolute atomic E-state index is 0.00526. The Balaban J connectivity index is 2.04. The van der Waals surface area contributed by atoms with Crippen molar-refractivity contribution >= 4 is 33.6 Å². The lowest BCUT2D eigenvalue weighted by atomic mass is 10.2. The van der Waals surface area contributed by atoms with Gasteiger partial charge in [0.2, 0.25) is 0 Å². The fraction of sp³-hybridized carbons (Fsp3) is 0.0588. The minimum Gasteiger partial charge on any atom is -0.504 e. The highest BCUT2D eigenvalue weighted by Gasteiger charge is 2.07. The van der Waals surface area contributed by atoms with E-state index in [4.69, 9.17) is 16.3 Å². The van der Waals surface area contributed by atoms with Gasteiger partial charge in [0.05, 0.1) is 23.0 Å². The van der Waals surface area contributed by atoms with Gasteiger partial charge in [-0.25, -0.2) is 4.98 Å². The van der Waals surface area contributed by atoms with E-state index in [0.29, 0.717) is 22.2 Å². The first-order chi connectivity index (χ1) is 11.1. The maximum atomic E-state index is 12.1. The monoisotopic (exact) mass is 328 g/mol. The van der Waals surface area contributed by atoms with Crippen LogP contribution in [0.1, 0.15) is 11.4 Å². The number of halogens is 1. The van der Waals surface area contributed by atoms with Crippen LogP contribution in [0.4, 0.5) is 0 Å². The van der Waals surface area contributed by atoms with Gasteiger partial charge in [-0.05, 0) is 35.9 Å². The van der Waals surface area contributed by atoms with Gasteiger partial charge in [-0.15, -0.1) is 0 Å². The Morgan fingerprint density at radius 1 is 1.30 bits per heavy atom. The molecule has 116 valence electrons. The molecule has 1 heterocycles. The summed E-state index contributed by atoms with van der Waals surface area (Å²) in [6.45, 7) is 0. The molecule has 0 aliphatic carbocycles. The summed E-state index contributed by atoms with van der Waals surface area (Å²) >= 11 is 6.25. The molecule has 5 nitrogen and oxygen atoms in total. The average molecular weight is 329 g/mol. The highest BCUT2D eigenvalue weighted by molar-refractivity contribution is 6.50. The second kappa shape index (κ2) is 6.14. The SMILES string of the molecule is COc1ccc(/C=C(\Cl)c2nc3ccccc3c(=O)[nH]2)cc1O. The van der Waals surface area contributed by atoms with E-state index in [9.17, 15) is 9.90 Å². The van der Waals surface area contributed by atoms with Crippen LogP contribution in [-0.2, 0) is 0 Å². The summed E-state index contributed by atoms with van der Waals surface area (Å²) in [5, 5.41) is 10.6. The van der Waals surface area contributed by atoms with E-state index in [2.05, 4.69) is 9.97 Å². The van der Waals surface area contributed by atoms with E-state index < -0.39 is 0 Å². The van der Waals surface area contributed by atoms with Gasteiger partial charge < -0.3 is 14.8 Å². The number of hydrogen-bond acceptors (Lipinski definition) is 4. The Morgan fingerprint density at radius 2 is 2.09 bits per heavy atom. The van der Waals surface area contributed by atoms with E-state index in [1.165, 1.54) is 13.2 Å². The number of benzene rings is 2. The van der Waals surface area contributed by atoms with Gasteiger partial charge >= 0.3 is 0 Å². The predicted molar refractivity (Wildman–Crippen MR) is 90.7 cm³/mol. The van der Waals surface area contributed by atoms with Crippen molar-refractivity contribution in [1.29, 1.82) is 0 Å². The van der Waals surface area contributed by atoms with E-state index in [0.717, 1.165) is 0 Å². The minimum atomic E-state index is -0.255. The highest BCUT2D eigenvalue weighted by atomic mass is 35.5. The third kappa shape index (κ3) is 3.05. The number of H-pyrrole nitrogens is 1. The van der Waals surface area contributed by atoms with Gasteiger partial charge in [-0.2, -0.15) is 0 Å². The molecule has 0 unspecified atom stereocenters. The van der Waals surface area contributed by atoms with Gasteiger partial charge in [-0.3, -0.25) is 4.79 Å². The lowest BCUT2D eigenvalue weighted by Crippen LogP contribution is -2.10. The summed E-state index contributed by atoms with van der Waals surface area (Å²) in [5.41, 5.74) is 0.967. The summed E-state index contributed by atoms with van der Waals surface area (Å²) in [6.07, 6.45) is 1.60. The van der Waals surface area contributed by atoms with Crippen molar-refractivity contribution in [3.8, 4) is 11.5 Å². The molecule has 0 radical (unpaired) electrons. The van der Waals surface area contributed by atoms with Crippen LogP contribution < -0.4 is 10.3 Å². The first kappa shape index (κ1) is 15.1. The van der Waals surface area contributed by atoms with Crippen LogP contribution in [0.5, 0.6) is 11.5 Å². The third-order valence-corrected chi connectivity index (χ3v) is 3.62.